The van der Waals surface area contributed by atoms with Crippen LogP contribution in [0.1, 0.15) is 70.8 Å². The fraction of sp³-hybridized carbons (Fsp3) is 0.304. The molecule has 6 rings (SSSR count). The van der Waals surface area contributed by atoms with Gasteiger partial charge >= 0.3 is 0 Å². The van der Waals surface area contributed by atoms with Gasteiger partial charge in [-0.05, 0) is 49.4 Å². The van der Waals surface area contributed by atoms with Crippen molar-refractivity contribution in [3.05, 3.63) is 64.9 Å². The van der Waals surface area contributed by atoms with Crippen molar-refractivity contribution in [1.29, 1.82) is 0 Å². The third-order valence-electron chi connectivity index (χ3n) is 6.12. The van der Waals surface area contributed by atoms with Crippen LogP contribution in [0.15, 0.2) is 30.6 Å². The summed E-state index contributed by atoms with van der Waals surface area (Å²) in [6, 6.07) is 5.08. The zero-order valence-corrected chi connectivity index (χ0v) is 16.7. The van der Waals surface area contributed by atoms with E-state index in [-0.39, 0.29) is 17.6 Å². The largest absolute Gasteiger partial charge is 0.363 e. The van der Waals surface area contributed by atoms with E-state index in [0.29, 0.717) is 28.9 Å². The van der Waals surface area contributed by atoms with Crippen LogP contribution in [0.5, 0.6) is 0 Å². The molecule has 1 fully saturated rings. The van der Waals surface area contributed by atoms with E-state index >= 15 is 0 Å². The zero-order valence-electron chi connectivity index (χ0n) is 16.7. The second-order valence-electron chi connectivity index (χ2n) is 7.98. The highest BCUT2D eigenvalue weighted by Gasteiger charge is 2.41. The quantitative estimate of drug-likeness (QED) is 0.668. The third kappa shape index (κ3) is 2.79. The number of benzene rings is 1. The van der Waals surface area contributed by atoms with Crippen molar-refractivity contribution in [2.45, 2.75) is 37.5 Å². The molecule has 1 unspecified atom stereocenters. The summed E-state index contributed by atoms with van der Waals surface area (Å²) in [5, 5.41) is 0. The van der Waals surface area contributed by atoms with E-state index in [1.165, 1.54) is 0 Å². The standard InChI is InChI=1S/C23H20FN5O/c1-12(22-26-6-3-7-27-22)4-5-13-10-17-16(11-18(13)24)14-8-15(9-14)20-19(17)28-23(21(25)30)29(20)2/h3,6-7,10-12,14-15H,8-9H2,1-2H3,(H2,25,30). The Morgan fingerprint density at radius 1 is 1.27 bits per heavy atom. The minimum atomic E-state index is -0.568. The van der Waals surface area contributed by atoms with E-state index in [9.17, 15) is 9.18 Å². The summed E-state index contributed by atoms with van der Waals surface area (Å²) in [6.07, 6.45) is 5.16. The molecule has 2 bridgehead atoms. The molecule has 0 saturated heterocycles. The van der Waals surface area contributed by atoms with Crippen LogP contribution in [-0.2, 0) is 7.05 Å². The molecule has 0 spiro atoms. The Balaban J connectivity index is 1.62. The van der Waals surface area contributed by atoms with Crippen molar-refractivity contribution >= 4 is 5.91 Å². The summed E-state index contributed by atoms with van der Waals surface area (Å²) in [4.78, 5) is 24.8. The van der Waals surface area contributed by atoms with E-state index in [1.807, 2.05) is 14.0 Å². The summed E-state index contributed by atoms with van der Waals surface area (Å²) in [6.45, 7) is 1.88. The lowest BCUT2D eigenvalue weighted by atomic mass is 9.71. The first-order valence-electron chi connectivity index (χ1n) is 9.92. The predicted molar refractivity (Wildman–Crippen MR) is 109 cm³/mol. The number of amides is 1. The molecule has 1 aromatic carbocycles. The van der Waals surface area contributed by atoms with Gasteiger partial charge in [-0.3, -0.25) is 4.79 Å². The molecule has 6 nitrogen and oxygen atoms in total. The summed E-state index contributed by atoms with van der Waals surface area (Å²) < 4.78 is 16.7. The zero-order chi connectivity index (χ0) is 21.0. The average molecular weight is 401 g/mol. The highest BCUT2D eigenvalue weighted by Crippen LogP contribution is 2.55. The highest BCUT2D eigenvalue weighted by molar-refractivity contribution is 5.91. The lowest BCUT2D eigenvalue weighted by Crippen LogP contribution is -2.23. The van der Waals surface area contributed by atoms with Gasteiger partial charge in [-0.25, -0.2) is 19.3 Å². The van der Waals surface area contributed by atoms with Crippen molar-refractivity contribution in [3.8, 4) is 23.1 Å². The van der Waals surface area contributed by atoms with Gasteiger partial charge in [0, 0.05) is 36.6 Å². The maximum atomic E-state index is 14.9. The van der Waals surface area contributed by atoms with Gasteiger partial charge < -0.3 is 10.3 Å². The molecule has 3 aliphatic rings. The Labute approximate surface area is 173 Å². The van der Waals surface area contributed by atoms with E-state index in [4.69, 9.17) is 5.73 Å². The molecule has 2 aromatic heterocycles. The molecular weight excluding hydrogens is 381 g/mol. The van der Waals surface area contributed by atoms with Gasteiger partial charge in [-0.1, -0.05) is 11.8 Å². The third-order valence-corrected chi connectivity index (χ3v) is 6.12. The Morgan fingerprint density at radius 3 is 2.70 bits per heavy atom. The van der Waals surface area contributed by atoms with E-state index in [1.54, 1.807) is 35.2 Å². The number of imidazole rings is 1. The second kappa shape index (κ2) is 6.77. The number of hydrogen-bond acceptors (Lipinski definition) is 4. The molecule has 2 heterocycles. The Kier molecular flexibility index (Phi) is 4.17. The van der Waals surface area contributed by atoms with Gasteiger partial charge in [-0.2, -0.15) is 0 Å². The van der Waals surface area contributed by atoms with Crippen LogP contribution < -0.4 is 5.73 Å². The van der Waals surface area contributed by atoms with Gasteiger partial charge in [0.05, 0.1) is 17.2 Å². The van der Waals surface area contributed by atoms with Crippen molar-refractivity contribution < 1.29 is 9.18 Å². The lowest BCUT2D eigenvalue weighted by molar-refractivity contribution is 0.0987. The van der Waals surface area contributed by atoms with Gasteiger partial charge in [0.1, 0.15) is 11.6 Å². The summed E-state index contributed by atoms with van der Waals surface area (Å²) in [5.41, 5.74) is 9.30. The van der Waals surface area contributed by atoms with Gasteiger partial charge in [0.2, 0.25) is 0 Å². The van der Waals surface area contributed by atoms with Crippen molar-refractivity contribution in [2.75, 3.05) is 0 Å². The minimum absolute atomic E-state index is 0.225. The summed E-state index contributed by atoms with van der Waals surface area (Å²) >= 11 is 0. The molecule has 2 N–H and O–H groups in total. The second-order valence-corrected chi connectivity index (χ2v) is 7.98. The van der Waals surface area contributed by atoms with E-state index in [0.717, 1.165) is 29.7 Å². The van der Waals surface area contributed by atoms with Crippen LogP contribution in [0.4, 0.5) is 4.39 Å². The maximum absolute atomic E-state index is 14.9. The van der Waals surface area contributed by atoms with Crippen LogP contribution in [0, 0.1) is 17.7 Å². The van der Waals surface area contributed by atoms with E-state index in [2.05, 4.69) is 26.8 Å². The van der Waals surface area contributed by atoms with Crippen LogP contribution in [0.3, 0.4) is 0 Å². The number of carbonyl (C=O) groups is 1. The van der Waals surface area contributed by atoms with Crippen LogP contribution in [-0.4, -0.2) is 25.4 Å². The van der Waals surface area contributed by atoms with Crippen LogP contribution >= 0.6 is 0 Å². The van der Waals surface area contributed by atoms with E-state index < -0.39 is 5.91 Å². The summed E-state index contributed by atoms with van der Waals surface area (Å²) in [7, 11) is 1.82. The molecule has 3 aromatic rings. The number of carbonyl (C=O) groups excluding carboxylic acids is 1. The molecule has 0 radical (unpaired) electrons. The molecular formula is C23H20FN5O. The number of primary amides is 1. The predicted octanol–water partition coefficient (Wildman–Crippen LogP) is 3.24. The van der Waals surface area contributed by atoms with Crippen molar-refractivity contribution in [2.24, 2.45) is 12.8 Å². The van der Waals surface area contributed by atoms with Gasteiger partial charge in [0.15, 0.2) is 5.82 Å². The first kappa shape index (κ1) is 18.5. The number of halogens is 1. The van der Waals surface area contributed by atoms with Gasteiger partial charge in [-0.15, -0.1) is 0 Å². The van der Waals surface area contributed by atoms with Crippen LogP contribution in [0.25, 0.3) is 11.3 Å². The smallest absolute Gasteiger partial charge is 0.284 e. The molecule has 1 amide bonds. The molecule has 30 heavy (non-hydrogen) atoms. The number of rotatable bonds is 2. The fourth-order valence-corrected chi connectivity index (χ4v) is 4.50. The molecule has 7 heteroatoms. The van der Waals surface area contributed by atoms with Crippen molar-refractivity contribution in [3.63, 3.8) is 0 Å². The normalized spacial score (nSPS) is 19.4. The number of hydrogen-bond donors (Lipinski definition) is 1. The average Bonchev–Trinajstić information content (AvgIpc) is 2.90. The molecule has 3 aliphatic carbocycles. The fourth-order valence-electron chi connectivity index (χ4n) is 4.50. The van der Waals surface area contributed by atoms with Gasteiger partial charge in [0.25, 0.3) is 5.91 Å². The van der Waals surface area contributed by atoms with Crippen LogP contribution in [0.2, 0.25) is 0 Å². The van der Waals surface area contributed by atoms with Crippen molar-refractivity contribution in [1.82, 2.24) is 19.5 Å². The molecule has 1 atom stereocenters. The lowest BCUT2D eigenvalue weighted by Gasteiger charge is -2.34. The molecule has 0 aliphatic heterocycles. The summed E-state index contributed by atoms with van der Waals surface area (Å²) in [5.74, 6) is 6.27. The first-order valence-corrected chi connectivity index (χ1v) is 9.92. The maximum Gasteiger partial charge on any atom is 0.284 e. The Hall–Kier alpha value is -3.53. The SMILES string of the molecule is CC(C#Cc1cc2c(cc1F)C1CC(C1)c1c-2nc(C(N)=O)n1C)c1ncccn1. The molecule has 1 saturated carbocycles. The monoisotopic (exact) mass is 401 g/mol. The molecule has 150 valence electrons. The highest BCUT2D eigenvalue weighted by atomic mass is 19.1. The number of nitrogens with two attached hydrogens (primary N) is 1. The Bertz CT molecular complexity index is 1230. The first-order chi connectivity index (χ1) is 14.4. The Morgan fingerprint density at radius 2 is 2.00 bits per heavy atom. The topological polar surface area (TPSA) is 86.7 Å². The number of nitrogens with zero attached hydrogens (tertiary/aromatic N) is 4. The minimum Gasteiger partial charge on any atom is -0.363 e. The number of aromatic nitrogens is 4.